The Balaban J connectivity index is 2.03. The molecule has 0 aromatic carbocycles. The molecule has 2 aliphatic rings. The third kappa shape index (κ3) is 1.68. The lowest BCUT2D eigenvalue weighted by molar-refractivity contribution is 0.00432. The second kappa shape index (κ2) is 3.37. The first-order chi connectivity index (χ1) is 6.59. The van der Waals surface area contributed by atoms with Crippen LogP contribution in [-0.4, -0.2) is 51.2 Å². The summed E-state index contributed by atoms with van der Waals surface area (Å²) in [6, 6.07) is -0.228. The van der Waals surface area contributed by atoms with Crippen LogP contribution >= 0.6 is 0 Å². The number of amides is 1. The monoisotopic (exact) mass is 222 g/mol. The molecule has 7 nitrogen and oxygen atoms in total. The normalized spacial score (nSPS) is 23.4. The maximum absolute atomic E-state index is 11.5. The molecule has 0 radical (unpaired) electrons. The molecule has 0 aliphatic carbocycles. The fraction of sp³-hybridized carbons (Fsp3) is 0.833. The molecule has 2 rings (SSSR count). The van der Waals surface area contributed by atoms with Crippen LogP contribution in [0.2, 0.25) is 0 Å². The van der Waals surface area contributed by atoms with Crippen LogP contribution in [0.1, 0.15) is 0 Å². The van der Waals surface area contributed by atoms with E-state index in [1.807, 2.05) is 0 Å². The third-order valence-electron chi connectivity index (χ3n) is 1.97. The molecule has 0 atom stereocenters. The van der Waals surface area contributed by atoms with Gasteiger partial charge in [-0.1, -0.05) is 0 Å². The minimum Gasteiger partial charge on any atom is -0.447 e. The second-order valence-electron chi connectivity index (χ2n) is 3.04. The minimum atomic E-state index is -3.74. The predicted octanol–water partition coefficient (Wildman–Crippen LogP) is -1.33. The Bertz CT molecular complexity index is 336. The molecule has 80 valence electrons. The van der Waals surface area contributed by atoms with Crippen LogP contribution in [0.5, 0.6) is 0 Å². The summed E-state index contributed by atoms with van der Waals surface area (Å²) in [6.07, 6.45) is -0.822. The molecule has 1 amide bonds. The Morgan fingerprint density at radius 1 is 1.43 bits per heavy atom. The molecule has 1 N–H and O–H groups in total. The van der Waals surface area contributed by atoms with Crippen molar-refractivity contribution in [1.29, 1.82) is 0 Å². The van der Waals surface area contributed by atoms with Gasteiger partial charge in [0, 0.05) is 0 Å². The summed E-state index contributed by atoms with van der Waals surface area (Å²) in [4.78, 5) is 11.0. The average molecular weight is 222 g/mol. The summed E-state index contributed by atoms with van der Waals surface area (Å²) in [5.74, 6) is 0. The minimum absolute atomic E-state index is 0.0712. The van der Waals surface area contributed by atoms with E-state index in [0.717, 1.165) is 0 Å². The van der Waals surface area contributed by atoms with Gasteiger partial charge in [0.15, 0.2) is 0 Å². The third-order valence-corrected chi connectivity index (χ3v) is 3.51. The van der Waals surface area contributed by atoms with E-state index in [4.69, 9.17) is 4.74 Å². The molecule has 14 heavy (non-hydrogen) atoms. The Kier molecular flexibility index (Phi) is 2.33. The van der Waals surface area contributed by atoms with Crippen molar-refractivity contribution in [2.75, 3.05) is 26.4 Å². The van der Waals surface area contributed by atoms with Crippen LogP contribution in [0.15, 0.2) is 0 Å². The number of hydrogen-bond donors (Lipinski definition) is 1. The van der Waals surface area contributed by atoms with Crippen LogP contribution in [0, 0.1) is 0 Å². The lowest BCUT2D eigenvalue weighted by Crippen LogP contribution is -2.53. The molecule has 0 aromatic heterocycles. The van der Waals surface area contributed by atoms with E-state index >= 15 is 0 Å². The summed E-state index contributed by atoms with van der Waals surface area (Å²) < 4.78 is 35.4. The Morgan fingerprint density at radius 2 is 2.14 bits per heavy atom. The molecule has 0 bridgehead atoms. The van der Waals surface area contributed by atoms with E-state index in [1.165, 1.54) is 0 Å². The molecule has 0 saturated carbocycles. The molecule has 0 spiro atoms. The van der Waals surface area contributed by atoms with Crippen molar-refractivity contribution in [3.8, 4) is 0 Å². The van der Waals surface area contributed by atoms with Gasteiger partial charge in [0.05, 0.1) is 25.8 Å². The van der Waals surface area contributed by atoms with Crippen molar-refractivity contribution in [3.05, 3.63) is 0 Å². The first-order valence-corrected chi connectivity index (χ1v) is 5.58. The van der Waals surface area contributed by atoms with E-state index in [9.17, 15) is 13.2 Å². The molecule has 2 saturated heterocycles. The molecule has 8 heteroatoms. The highest BCUT2D eigenvalue weighted by Crippen LogP contribution is 2.10. The van der Waals surface area contributed by atoms with Crippen LogP contribution < -0.4 is 4.72 Å². The van der Waals surface area contributed by atoms with Gasteiger partial charge in [0.1, 0.15) is 6.61 Å². The maximum Gasteiger partial charge on any atom is 0.424 e. The van der Waals surface area contributed by atoms with Crippen molar-refractivity contribution >= 4 is 16.3 Å². The van der Waals surface area contributed by atoms with Gasteiger partial charge in [-0.3, -0.25) is 0 Å². The molecule has 2 fully saturated rings. The highest BCUT2D eigenvalue weighted by Gasteiger charge is 2.36. The molecule has 2 heterocycles. The molecular formula is C6H10N2O5S. The highest BCUT2D eigenvalue weighted by molar-refractivity contribution is 7.87. The highest BCUT2D eigenvalue weighted by atomic mass is 32.2. The number of rotatable bonds is 3. The van der Waals surface area contributed by atoms with Crippen molar-refractivity contribution in [2.24, 2.45) is 0 Å². The Morgan fingerprint density at radius 3 is 2.57 bits per heavy atom. The van der Waals surface area contributed by atoms with Gasteiger partial charge in [-0.25, -0.2) is 4.79 Å². The van der Waals surface area contributed by atoms with Crippen LogP contribution in [0.4, 0.5) is 4.79 Å². The Labute approximate surface area is 81.1 Å². The number of carbonyl (C=O) groups is 1. The molecule has 2 aliphatic heterocycles. The number of nitrogens with one attached hydrogen (secondary N) is 1. The fourth-order valence-corrected chi connectivity index (χ4v) is 2.42. The largest absolute Gasteiger partial charge is 0.447 e. The summed E-state index contributed by atoms with van der Waals surface area (Å²) in [5.41, 5.74) is 0. The topological polar surface area (TPSA) is 84.9 Å². The zero-order valence-corrected chi connectivity index (χ0v) is 8.12. The molecular weight excluding hydrogens is 212 g/mol. The van der Waals surface area contributed by atoms with Crippen LogP contribution in [0.3, 0.4) is 0 Å². The number of hydrogen-bond acceptors (Lipinski definition) is 5. The number of ether oxygens (including phenoxy) is 2. The maximum atomic E-state index is 11.5. The first kappa shape index (κ1) is 9.69. The number of nitrogens with zero attached hydrogens (tertiary/aromatic N) is 1. The summed E-state index contributed by atoms with van der Waals surface area (Å²) in [5, 5.41) is 0. The summed E-state index contributed by atoms with van der Waals surface area (Å²) in [6.45, 7) is 0.882. The van der Waals surface area contributed by atoms with Crippen LogP contribution in [-0.2, 0) is 19.7 Å². The quantitative estimate of drug-likeness (QED) is 0.639. The van der Waals surface area contributed by atoms with Crippen molar-refractivity contribution in [2.45, 2.75) is 6.04 Å². The fourth-order valence-electron chi connectivity index (χ4n) is 1.18. The lowest BCUT2D eigenvalue weighted by atomic mass is 10.3. The molecule has 0 aromatic rings. The van der Waals surface area contributed by atoms with Gasteiger partial charge >= 0.3 is 16.3 Å². The average Bonchev–Trinajstić information content (AvgIpc) is 2.45. The van der Waals surface area contributed by atoms with Crippen LogP contribution in [0.25, 0.3) is 0 Å². The number of cyclic esters (lactones) is 1. The Hall–Kier alpha value is -0.860. The van der Waals surface area contributed by atoms with E-state index in [-0.39, 0.29) is 19.2 Å². The summed E-state index contributed by atoms with van der Waals surface area (Å²) in [7, 11) is -3.74. The van der Waals surface area contributed by atoms with Gasteiger partial charge in [-0.2, -0.15) is 17.4 Å². The number of carbonyl (C=O) groups excluding carboxylic acids is 1. The van der Waals surface area contributed by atoms with Gasteiger partial charge < -0.3 is 9.47 Å². The van der Waals surface area contributed by atoms with E-state index in [0.29, 0.717) is 17.5 Å². The van der Waals surface area contributed by atoms with E-state index in [2.05, 4.69) is 9.46 Å². The zero-order chi connectivity index (χ0) is 10.2. The van der Waals surface area contributed by atoms with E-state index < -0.39 is 16.3 Å². The predicted molar refractivity (Wildman–Crippen MR) is 44.7 cm³/mol. The zero-order valence-electron chi connectivity index (χ0n) is 7.30. The standard InChI is InChI=1S/C6H10N2O5S/c9-6-8(1-2-13-6)14(10,11)7-5-3-12-4-5/h5,7H,1-4H2. The smallest absolute Gasteiger partial charge is 0.424 e. The van der Waals surface area contributed by atoms with Crippen molar-refractivity contribution < 1.29 is 22.7 Å². The van der Waals surface area contributed by atoms with E-state index in [1.54, 1.807) is 0 Å². The first-order valence-electron chi connectivity index (χ1n) is 4.14. The van der Waals surface area contributed by atoms with Gasteiger partial charge in [0.25, 0.3) is 0 Å². The van der Waals surface area contributed by atoms with Gasteiger partial charge in [-0.15, -0.1) is 0 Å². The summed E-state index contributed by atoms with van der Waals surface area (Å²) >= 11 is 0. The van der Waals surface area contributed by atoms with Gasteiger partial charge in [-0.05, 0) is 0 Å². The lowest BCUT2D eigenvalue weighted by Gasteiger charge is -2.27. The van der Waals surface area contributed by atoms with Gasteiger partial charge in [0.2, 0.25) is 0 Å². The second-order valence-corrected chi connectivity index (χ2v) is 4.67. The SMILES string of the molecule is O=C1OCCN1S(=O)(=O)NC1COC1. The molecule has 0 unspecified atom stereocenters. The van der Waals surface area contributed by atoms with Crippen molar-refractivity contribution in [1.82, 2.24) is 9.03 Å². The van der Waals surface area contributed by atoms with Crippen molar-refractivity contribution in [3.63, 3.8) is 0 Å².